The van der Waals surface area contributed by atoms with Crippen molar-refractivity contribution in [2.45, 2.75) is 20.0 Å². The molecule has 0 bridgehead atoms. The maximum atomic E-state index is 6.07. The molecule has 1 aromatic carbocycles. The lowest BCUT2D eigenvalue weighted by Crippen LogP contribution is -2.23. The summed E-state index contributed by atoms with van der Waals surface area (Å²) in [6.45, 7) is 4.19. The third-order valence-corrected chi connectivity index (χ3v) is 3.15. The molecule has 2 aromatic rings. The van der Waals surface area contributed by atoms with Gasteiger partial charge in [0, 0.05) is 23.8 Å². The number of hydrogen-bond donors (Lipinski definition) is 1. The highest BCUT2D eigenvalue weighted by Gasteiger charge is 2.11. The Bertz CT molecular complexity index is 497. The molecule has 0 saturated heterocycles. The quantitative estimate of drug-likeness (QED) is 0.900. The first-order valence-electron chi connectivity index (χ1n) is 6.00. The molecule has 0 amide bonds. The molecule has 4 heteroatoms. The Morgan fingerprint density at radius 2 is 2.17 bits per heavy atom. The molecule has 2 N–H and O–H groups in total. The van der Waals surface area contributed by atoms with Crippen LogP contribution in [0.4, 0.5) is 5.69 Å². The standard InChI is InChI=1S/C14H17ClN2O/c1-2-17(10-13-4-3-7-18-13)14-8-12(15)6-5-11(14)9-16/h3-8H,2,9-10,16H2,1H3. The van der Waals surface area contributed by atoms with Crippen molar-refractivity contribution in [1.29, 1.82) is 0 Å². The minimum absolute atomic E-state index is 0.501. The SMILES string of the molecule is CCN(Cc1ccco1)c1cc(Cl)ccc1CN. The van der Waals surface area contributed by atoms with Crippen LogP contribution >= 0.6 is 11.6 Å². The minimum Gasteiger partial charge on any atom is -0.467 e. The Labute approximate surface area is 112 Å². The summed E-state index contributed by atoms with van der Waals surface area (Å²) in [5, 5.41) is 0.722. The summed E-state index contributed by atoms with van der Waals surface area (Å²) >= 11 is 6.07. The van der Waals surface area contributed by atoms with E-state index in [2.05, 4.69) is 11.8 Å². The van der Waals surface area contributed by atoms with Crippen molar-refractivity contribution < 1.29 is 4.42 Å². The van der Waals surface area contributed by atoms with Gasteiger partial charge in [-0.2, -0.15) is 0 Å². The number of nitrogens with zero attached hydrogens (tertiary/aromatic N) is 1. The molecule has 1 aromatic heterocycles. The lowest BCUT2D eigenvalue weighted by atomic mass is 10.1. The van der Waals surface area contributed by atoms with Crippen molar-refractivity contribution >= 4 is 17.3 Å². The largest absolute Gasteiger partial charge is 0.467 e. The molecule has 1 heterocycles. The monoisotopic (exact) mass is 264 g/mol. The Hall–Kier alpha value is -1.45. The number of furan rings is 1. The zero-order valence-corrected chi connectivity index (χ0v) is 11.2. The van der Waals surface area contributed by atoms with Crippen LogP contribution in [-0.2, 0) is 13.1 Å². The Morgan fingerprint density at radius 1 is 1.33 bits per heavy atom. The number of hydrogen-bond acceptors (Lipinski definition) is 3. The third-order valence-electron chi connectivity index (χ3n) is 2.92. The third kappa shape index (κ3) is 2.86. The Morgan fingerprint density at radius 3 is 2.78 bits per heavy atom. The van der Waals surface area contributed by atoms with Gasteiger partial charge in [0.05, 0.1) is 12.8 Å². The smallest absolute Gasteiger partial charge is 0.123 e. The number of nitrogens with two attached hydrogens (primary N) is 1. The van der Waals surface area contributed by atoms with Crippen LogP contribution in [0.2, 0.25) is 5.02 Å². The van der Waals surface area contributed by atoms with Crippen molar-refractivity contribution in [3.05, 3.63) is 52.9 Å². The summed E-state index contributed by atoms with van der Waals surface area (Å²) in [5.74, 6) is 0.930. The average Bonchev–Trinajstić information content (AvgIpc) is 2.88. The molecule has 18 heavy (non-hydrogen) atoms. The summed E-state index contributed by atoms with van der Waals surface area (Å²) in [7, 11) is 0. The van der Waals surface area contributed by atoms with Gasteiger partial charge in [-0.25, -0.2) is 0 Å². The van der Waals surface area contributed by atoms with Gasteiger partial charge < -0.3 is 15.1 Å². The first-order valence-corrected chi connectivity index (χ1v) is 6.38. The van der Waals surface area contributed by atoms with Crippen LogP contribution in [0.5, 0.6) is 0 Å². The van der Waals surface area contributed by atoms with Crippen LogP contribution in [0, 0.1) is 0 Å². The molecule has 0 saturated carbocycles. The first-order chi connectivity index (χ1) is 8.74. The second-order valence-corrected chi connectivity index (χ2v) is 4.51. The predicted octanol–water partition coefficient (Wildman–Crippen LogP) is 3.42. The van der Waals surface area contributed by atoms with Gasteiger partial charge in [0.1, 0.15) is 5.76 Å². The van der Waals surface area contributed by atoms with E-state index < -0.39 is 0 Å². The van der Waals surface area contributed by atoms with Crippen LogP contribution in [-0.4, -0.2) is 6.54 Å². The molecular formula is C14H17ClN2O. The van der Waals surface area contributed by atoms with E-state index >= 15 is 0 Å². The fourth-order valence-corrected chi connectivity index (χ4v) is 2.13. The van der Waals surface area contributed by atoms with Crippen LogP contribution < -0.4 is 10.6 Å². The van der Waals surface area contributed by atoms with E-state index in [4.69, 9.17) is 21.8 Å². The summed E-state index contributed by atoms with van der Waals surface area (Å²) < 4.78 is 5.39. The number of halogens is 1. The normalized spacial score (nSPS) is 10.6. The van der Waals surface area contributed by atoms with Gasteiger partial charge in [-0.15, -0.1) is 0 Å². The van der Waals surface area contributed by atoms with E-state index in [1.807, 2.05) is 30.3 Å². The molecule has 0 fully saturated rings. The van der Waals surface area contributed by atoms with Crippen LogP contribution in [0.15, 0.2) is 41.0 Å². The number of anilines is 1. The second kappa shape index (κ2) is 5.94. The highest BCUT2D eigenvalue weighted by atomic mass is 35.5. The molecule has 0 aliphatic rings. The number of rotatable bonds is 5. The van der Waals surface area contributed by atoms with Gasteiger partial charge >= 0.3 is 0 Å². The van der Waals surface area contributed by atoms with Crippen LogP contribution in [0.1, 0.15) is 18.2 Å². The van der Waals surface area contributed by atoms with E-state index in [-0.39, 0.29) is 0 Å². The highest BCUT2D eigenvalue weighted by Crippen LogP contribution is 2.26. The topological polar surface area (TPSA) is 42.4 Å². The van der Waals surface area contributed by atoms with Crippen LogP contribution in [0.25, 0.3) is 0 Å². The van der Waals surface area contributed by atoms with Crippen molar-refractivity contribution in [1.82, 2.24) is 0 Å². The van der Waals surface area contributed by atoms with Gasteiger partial charge in [0.25, 0.3) is 0 Å². The maximum Gasteiger partial charge on any atom is 0.123 e. The van der Waals surface area contributed by atoms with Crippen molar-refractivity contribution in [3.63, 3.8) is 0 Å². The second-order valence-electron chi connectivity index (χ2n) is 4.07. The maximum absolute atomic E-state index is 6.07. The molecular weight excluding hydrogens is 248 g/mol. The van der Waals surface area contributed by atoms with Gasteiger partial charge in [-0.3, -0.25) is 0 Å². The molecule has 0 aliphatic heterocycles. The zero-order chi connectivity index (χ0) is 13.0. The molecule has 96 valence electrons. The van der Waals surface area contributed by atoms with E-state index in [1.54, 1.807) is 6.26 Å². The Kier molecular flexibility index (Phi) is 4.28. The molecule has 0 spiro atoms. The van der Waals surface area contributed by atoms with E-state index in [9.17, 15) is 0 Å². The van der Waals surface area contributed by atoms with Gasteiger partial charge in [-0.05, 0) is 36.8 Å². The fourth-order valence-electron chi connectivity index (χ4n) is 1.96. The minimum atomic E-state index is 0.501. The van der Waals surface area contributed by atoms with Crippen molar-refractivity contribution in [2.75, 3.05) is 11.4 Å². The van der Waals surface area contributed by atoms with Crippen LogP contribution in [0.3, 0.4) is 0 Å². The van der Waals surface area contributed by atoms with E-state index in [1.165, 1.54) is 0 Å². The van der Waals surface area contributed by atoms with Crippen molar-refractivity contribution in [3.8, 4) is 0 Å². The van der Waals surface area contributed by atoms with Gasteiger partial charge in [0.2, 0.25) is 0 Å². The molecule has 0 atom stereocenters. The lowest BCUT2D eigenvalue weighted by molar-refractivity contribution is 0.503. The summed E-state index contributed by atoms with van der Waals surface area (Å²) in [4.78, 5) is 2.20. The molecule has 0 unspecified atom stereocenters. The lowest BCUT2D eigenvalue weighted by Gasteiger charge is -2.24. The molecule has 2 rings (SSSR count). The van der Waals surface area contributed by atoms with Gasteiger partial charge in [0.15, 0.2) is 0 Å². The van der Waals surface area contributed by atoms with E-state index in [0.717, 1.165) is 35.1 Å². The summed E-state index contributed by atoms with van der Waals surface area (Å²) in [5.41, 5.74) is 7.94. The first kappa shape index (κ1) is 13.0. The summed E-state index contributed by atoms with van der Waals surface area (Å²) in [6.07, 6.45) is 1.69. The molecule has 0 aliphatic carbocycles. The fraction of sp³-hybridized carbons (Fsp3) is 0.286. The molecule has 3 nitrogen and oxygen atoms in total. The number of benzene rings is 1. The van der Waals surface area contributed by atoms with Crippen molar-refractivity contribution in [2.24, 2.45) is 5.73 Å². The predicted molar refractivity (Wildman–Crippen MR) is 74.8 cm³/mol. The zero-order valence-electron chi connectivity index (χ0n) is 10.4. The summed E-state index contributed by atoms with van der Waals surface area (Å²) in [6, 6.07) is 9.66. The highest BCUT2D eigenvalue weighted by molar-refractivity contribution is 6.30. The Balaban J connectivity index is 2.28. The average molecular weight is 265 g/mol. The van der Waals surface area contributed by atoms with E-state index in [0.29, 0.717) is 6.54 Å². The molecule has 0 radical (unpaired) electrons. The van der Waals surface area contributed by atoms with Gasteiger partial charge in [-0.1, -0.05) is 17.7 Å².